The molecule has 1 unspecified atom stereocenters. The molecule has 2 fully saturated rings. The highest BCUT2D eigenvalue weighted by atomic mass is 79.9. The predicted octanol–water partition coefficient (Wildman–Crippen LogP) is 3.00. The monoisotopic (exact) mass is 319 g/mol. The number of fused-ring (bicyclic) bond motifs is 1. The third-order valence-corrected chi connectivity index (χ3v) is 4.67. The van der Waals surface area contributed by atoms with E-state index in [4.69, 9.17) is 5.26 Å². The molecule has 3 nitrogen and oxygen atoms in total. The Balaban J connectivity index is 1.79. The first-order valence-corrected chi connectivity index (χ1v) is 7.75. The molecule has 1 aromatic carbocycles. The second-order valence-electron chi connectivity index (χ2n) is 5.44. The molecule has 19 heavy (non-hydrogen) atoms. The molecule has 0 N–H and O–H groups in total. The van der Waals surface area contributed by atoms with Crippen molar-refractivity contribution in [2.24, 2.45) is 0 Å². The van der Waals surface area contributed by atoms with Gasteiger partial charge >= 0.3 is 0 Å². The van der Waals surface area contributed by atoms with E-state index in [0.717, 1.165) is 29.7 Å². The number of rotatable bonds is 1. The SMILES string of the molecule is N#Cc1cc(Br)cc(N2CCN3CCCCC3C2)c1. The molecule has 0 bridgehead atoms. The van der Waals surface area contributed by atoms with Gasteiger partial charge in [0, 0.05) is 35.8 Å². The van der Waals surface area contributed by atoms with Gasteiger partial charge in [-0.2, -0.15) is 5.26 Å². The fraction of sp³-hybridized carbons (Fsp3) is 0.533. The van der Waals surface area contributed by atoms with Crippen LogP contribution in [0.1, 0.15) is 24.8 Å². The van der Waals surface area contributed by atoms with Gasteiger partial charge in [-0.25, -0.2) is 0 Å². The first-order valence-electron chi connectivity index (χ1n) is 6.96. The largest absolute Gasteiger partial charge is 0.369 e. The minimum absolute atomic E-state index is 0.701. The highest BCUT2D eigenvalue weighted by Crippen LogP contribution is 2.27. The molecule has 1 atom stereocenters. The number of piperidine rings is 1. The number of piperazine rings is 1. The van der Waals surface area contributed by atoms with Crippen LogP contribution in [0.15, 0.2) is 22.7 Å². The molecule has 1 aromatic rings. The Bertz CT molecular complexity index is 509. The van der Waals surface area contributed by atoms with E-state index in [2.05, 4.69) is 37.9 Å². The maximum absolute atomic E-state index is 9.07. The zero-order valence-corrected chi connectivity index (χ0v) is 12.6. The molecule has 2 aliphatic heterocycles. The van der Waals surface area contributed by atoms with Crippen LogP contribution in [-0.4, -0.2) is 37.1 Å². The van der Waals surface area contributed by atoms with Crippen molar-refractivity contribution in [3.8, 4) is 6.07 Å². The molecule has 100 valence electrons. The van der Waals surface area contributed by atoms with Gasteiger partial charge in [0.25, 0.3) is 0 Å². The molecule has 2 aliphatic rings. The van der Waals surface area contributed by atoms with Gasteiger partial charge in [0.05, 0.1) is 11.6 Å². The topological polar surface area (TPSA) is 30.3 Å². The summed E-state index contributed by atoms with van der Waals surface area (Å²) in [6.45, 7) is 4.58. The van der Waals surface area contributed by atoms with Crippen molar-refractivity contribution in [1.82, 2.24) is 4.90 Å². The summed E-state index contributed by atoms with van der Waals surface area (Å²) in [5, 5.41) is 9.07. The molecule has 0 amide bonds. The summed E-state index contributed by atoms with van der Waals surface area (Å²) in [4.78, 5) is 5.06. The van der Waals surface area contributed by atoms with Crippen LogP contribution >= 0.6 is 15.9 Å². The molecular weight excluding hydrogens is 302 g/mol. The van der Waals surface area contributed by atoms with E-state index in [1.807, 2.05) is 12.1 Å². The van der Waals surface area contributed by atoms with Crippen molar-refractivity contribution in [1.29, 1.82) is 5.26 Å². The Morgan fingerprint density at radius 2 is 2.05 bits per heavy atom. The second kappa shape index (κ2) is 5.52. The van der Waals surface area contributed by atoms with Crippen molar-refractivity contribution < 1.29 is 0 Å². The molecule has 0 spiro atoms. The Kier molecular flexibility index (Phi) is 3.76. The Morgan fingerprint density at radius 3 is 2.89 bits per heavy atom. The molecular formula is C15H18BrN3. The predicted molar refractivity (Wildman–Crippen MR) is 80.3 cm³/mol. The summed E-state index contributed by atoms with van der Waals surface area (Å²) in [5.74, 6) is 0. The number of nitrogens with zero attached hydrogens (tertiary/aromatic N) is 3. The van der Waals surface area contributed by atoms with E-state index >= 15 is 0 Å². The Hall–Kier alpha value is -1.05. The lowest BCUT2D eigenvalue weighted by Gasteiger charge is -2.45. The van der Waals surface area contributed by atoms with Gasteiger partial charge in [-0.15, -0.1) is 0 Å². The molecule has 2 saturated heterocycles. The van der Waals surface area contributed by atoms with Gasteiger partial charge in [0.2, 0.25) is 0 Å². The standard InChI is InChI=1S/C15H18BrN3/c16-13-7-12(10-17)8-15(9-13)19-6-5-18-4-2-1-3-14(18)11-19/h7-9,14H,1-6,11H2. The summed E-state index contributed by atoms with van der Waals surface area (Å²) in [6, 6.07) is 8.94. The maximum Gasteiger partial charge on any atom is 0.0992 e. The van der Waals surface area contributed by atoms with Gasteiger partial charge < -0.3 is 4.90 Å². The van der Waals surface area contributed by atoms with E-state index in [1.165, 1.54) is 31.5 Å². The van der Waals surface area contributed by atoms with Gasteiger partial charge in [-0.3, -0.25) is 4.90 Å². The minimum Gasteiger partial charge on any atom is -0.369 e. The average molecular weight is 320 g/mol. The highest BCUT2D eigenvalue weighted by molar-refractivity contribution is 9.10. The van der Waals surface area contributed by atoms with Crippen LogP contribution in [0.4, 0.5) is 5.69 Å². The normalized spacial score (nSPS) is 23.8. The van der Waals surface area contributed by atoms with Crippen LogP contribution in [0, 0.1) is 11.3 Å². The molecule has 0 aliphatic carbocycles. The van der Waals surface area contributed by atoms with Crippen LogP contribution in [-0.2, 0) is 0 Å². The zero-order valence-electron chi connectivity index (χ0n) is 11.0. The Labute approximate surface area is 122 Å². The second-order valence-corrected chi connectivity index (χ2v) is 6.36. The lowest BCUT2D eigenvalue weighted by Crippen LogP contribution is -2.54. The van der Waals surface area contributed by atoms with Crippen LogP contribution in [0.25, 0.3) is 0 Å². The number of hydrogen-bond acceptors (Lipinski definition) is 3. The third kappa shape index (κ3) is 2.77. The van der Waals surface area contributed by atoms with Gasteiger partial charge in [0.15, 0.2) is 0 Å². The average Bonchev–Trinajstić information content (AvgIpc) is 2.46. The summed E-state index contributed by atoms with van der Waals surface area (Å²) >= 11 is 3.50. The van der Waals surface area contributed by atoms with Gasteiger partial charge in [-0.1, -0.05) is 22.4 Å². The molecule has 0 aromatic heterocycles. The van der Waals surface area contributed by atoms with E-state index in [1.54, 1.807) is 0 Å². The Morgan fingerprint density at radius 1 is 1.16 bits per heavy atom. The fourth-order valence-electron chi connectivity index (χ4n) is 3.21. The van der Waals surface area contributed by atoms with Crippen LogP contribution < -0.4 is 4.90 Å². The summed E-state index contributed by atoms with van der Waals surface area (Å²) < 4.78 is 0.993. The number of hydrogen-bond donors (Lipinski definition) is 0. The van der Waals surface area contributed by atoms with Crippen LogP contribution in [0.2, 0.25) is 0 Å². The fourth-order valence-corrected chi connectivity index (χ4v) is 3.69. The lowest BCUT2D eigenvalue weighted by molar-refractivity contribution is 0.133. The summed E-state index contributed by atoms with van der Waals surface area (Å²) in [6.07, 6.45) is 4.03. The first kappa shape index (κ1) is 13.0. The van der Waals surface area contributed by atoms with E-state index in [-0.39, 0.29) is 0 Å². The van der Waals surface area contributed by atoms with Crippen molar-refractivity contribution in [3.63, 3.8) is 0 Å². The van der Waals surface area contributed by atoms with Gasteiger partial charge in [0.1, 0.15) is 0 Å². The van der Waals surface area contributed by atoms with Crippen molar-refractivity contribution in [3.05, 3.63) is 28.2 Å². The number of nitriles is 1. The number of halogens is 1. The van der Waals surface area contributed by atoms with Crippen LogP contribution in [0.5, 0.6) is 0 Å². The molecule has 3 rings (SSSR count). The van der Waals surface area contributed by atoms with E-state index < -0.39 is 0 Å². The van der Waals surface area contributed by atoms with Crippen molar-refractivity contribution >= 4 is 21.6 Å². The lowest BCUT2D eigenvalue weighted by atomic mass is 9.99. The van der Waals surface area contributed by atoms with Crippen LogP contribution in [0.3, 0.4) is 0 Å². The summed E-state index contributed by atoms with van der Waals surface area (Å²) in [5.41, 5.74) is 1.91. The molecule has 2 heterocycles. The minimum atomic E-state index is 0.701. The number of anilines is 1. The number of benzene rings is 1. The highest BCUT2D eigenvalue weighted by Gasteiger charge is 2.29. The summed E-state index contributed by atoms with van der Waals surface area (Å²) in [7, 11) is 0. The van der Waals surface area contributed by atoms with Crippen molar-refractivity contribution in [2.75, 3.05) is 31.1 Å². The molecule has 0 saturated carbocycles. The maximum atomic E-state index is 9.07. The van der Waals surface area contributed by atoms with E-state index in [0.29, 0.717) is 6.04 Å². The molecule has 0 radical (unpaired) electrons. The van der Waals surface area contributed by atoms with Gasteiger partial charge in [-0.05, 0) is 37.6 Å². The first-order chi connectivity index (χ1) is 9.26. The smallest absolute Gasteiger partial charge is 0.0992 e. The quantitative estimate of drug-likeness (QED) is 0.797. The molecule has 4 heteroatoms. The van der Waals surface area contributed by atoms with E-state index in [9.17, 15) is 0 Å². The zero-order chi connectivity index (χ0) is 13.2. The van der Waals surface area contributed by atoms with Crippen molar-refractivity contribution in [2.45, 2.75) is 25.3 Å². The third-order valence-electron chi connectivity index (χ3n) is 4.21.